The number of nitrogens with zero attached hydrogens (tertiary/aromatic N) is 2. The van der Waals surface area contributed by atoms with Crippen LogP contribution in [0.25, 0.3) is 10.8 Å². The lowest BCUT2D eigenvalue weighted by Crippen LogP contribution is -2.39. The molecule has 0 amide bonds. The number of rotatable bonds is 5. The highest BCUT2D eigenvalue weighted by atomic mass is 32.2. The molecule has 5 nitrogen and oxygen atoms in total. The Hall–Kier alpha value is -2.44. The third-order valence-electron chi connectivity index (χ3n) is 5.19. The number of nitrogens with one attached hydrogen (secondary N) is 1. The van der Waals surface area contributed by atoms with Gasteiger partial charge in [0.2, 0.25) is 10.0 Å². The van der Waals surface area contributed by atoms with Crippen molar-refractivity contribution in [3.8, 4) is 0 Å². The van der Waals surface area contributed by atoms with Crippen LogP contribution in [0, 0.1) is 5.92 Å². The van der Waals surface area contributed by atoms with Crippen LogP contribution in [0.15, 0.2) is 71.8 Å². The Bertz CT molecular complexity index is 1010. The summed E-state index contributed by atoms with van der Waals surface area (Å²) in [7, 11) is -3.53. The molecule has 4 rings (SSSR count). The van der Waals surface area contributed by atoms with Gasteiger partial charge in [0.15, 0.2) is 0 Å². The Balaban J connectivity index is 1.40. The smallest absolute Gasteiger partial charge is 0.241 e. The highest BCUT2D eigenvalue weighted by Crippen LogP contribution is 2.24. The van der Waals surface area contributed by atoms with Crippen LogP contribution in [0.4, 0.5) is 5.82 Å². The molecule has 27 heavy (non-hydrogen) atoms. The fraction of sp³-hybridized carbons (Fsp3) is 0.286. The van der Waals surface area contributed by atoms with Crippen molar-refractivity contribution in [1.82, 2.24) is 9.71 Å². The van der Waals surface area contributed by atoms with Gasteiger partial charge in [-0.1, -0.05) is 42.5 Å². The molecule has 2 heterocycles. The molecular formula is C21H23N3O2S. The predicted molar refractivity (Wildman–Crippen MR) is 108 cm³/mol. The molecule has 2 aromatic carbocycles. The lowest BCUT2D eigenvalue weighted by Gasteiger charge is -2.32. The summed E-state index contributed by atoms with van der Waals surface area (Å²) in [4.78, 5) is 7.01. The number of aromatic nitrogens is 1. The summed E-state index contributed by atoms with van der Waals surface area (Å²) in [5, 5.41) is 1.70. The zero-order chi connectivity index (χ0) is 18.7. The minimum atomic E-state index is -3.53. The van der Waals surface area contributed by atoms with Gasteiger partial charge in [-0.05, 0) is 42.3 Å². The standard InChI is InChI=1S/C21H23N3O2S/c25-27(26,20-9-5-7-18-6-1-2-8-19(18)20)23-16-17-11-14-24(15-12-17)21-10-3-4-13-22-21/h1-10,13,17,23H,11-12,14-16H2. The van der Waals surface area contributed by atoms with Crippen molar-refractivity contribution >= 4 is 26.6 Å². The van der Waals surface area contributed by atoms with E-state index in [9.17, 15) is 8.42 Å². The molecule has 0 spiro atoms. The summed E-state index contributed by atoms with van der Waals surface area (Å²) in [6.07, 6.45) is 3.71. The van der Waals surface area contributed by atoms with Gasteiger partial charge in [0.1, 0.15) is 5.82 Å². The second-order valence-electron chi connectivity index (χ2n) is 6.95. The summed E-state index contributed by atoms with van der Waals surface area (Å²) in [6, 6.07) is 18.9. The van der Waals surface area contributed by atoms with E-state index in [1.165, 1.54) is 0 Å². The minimum absolute atomic E-state index is 0.342. The summed E-state index contributed by atoms with van der Waals surface area (Å²) < 4.78 is 28.5. The maximum absolute atomic E-state index is 12.8. The van der Waals surface area contributed by atoms with Crippen molar-refractivity contribution in [3.63, 3.8) is 0 Å². The SMILES string of the molecule is O=S(=O)(NCC1CCN(c2ccccn2)CC1)c1cccc2ccccc12. The molecule has 6 heteroatoms. The molecule has 1 N–H and O–H groups in total. The summed E-state index contributed by atoms with van der Waals surface area (Å²) in [6.45, 7) is 2.27. The van der Waals surface area contributed by atoms with Crippen molar-refractivity contribution in [3.05, 3.63) is 66.9 Å². The molecule has 0 aliphatic carbocycles. The van der Waals surface area contributed by atoms with Crippen LogP contribution in [0.5, 0.6) is 0 Å². The number of piperidine rings is 1. The van der Waals surface area contributed by atoms with E-state index in [4.69, 9.17) is 0 Å². The van der Waals surface area contributed by atoms with Crippen molar-refractivity contribution in [2.75, 3.05) is 24.5 Å². The van der Waals surface area contributed by atoms with E-state index in [-0.39, 0.29) is 0 Å². The average Bonchev–Trinajstić information content (AvgIpc) is 2.73. The molecule has 1 saturated heterocycles. The topological polar surface area (TPSA) is 62.3 Å². The first-order chi connectivity index (χ1) is 13.1. The maximum atomic E-state index is 12.8. The molecule has 140 valence electrons. The number of hydrogen-bond donors (Lipinski definition) is 1. The highest BCUT2D eigenvalue weighted by Gasteiger charge is 2.23. The van der Waals surface area contributed by atoms with Gasteiger partial charge >= 0.3 is 0 Å². The second kappa shape index (κ2) is 7.66. The predicted octanol–water partition coefficient (Wildman–Crippen LogP) is 3.43. The quantitative estimate of drug-likeness (QED) is 0.735. The molecule has 1 aromatic heterocycles. The Kier molecular flexibility index (Phi) is 5.09. The molecule has 0 bridgehead atoms. The fourth-order valence-corrected chi connectivity index (χ4v) is 4.99. The molecule has 0 saturated carbocycles. The van der Waals surface area contributed by atoms with Crippen molar-refractivity contribution in [2.45, 2.75) is 17.7 Å². The van der Waals surface area contributed by atoms with Crippen LogP contribution >= 0.6 is 0 Å². The van der Waals surface area contributed by atoms with Crippen LogP contribution in [-0.2, 0) is 10.0 Å². The zero-order valence-corrected chi connectivity index (χ0v) is 15.9. The van der Waals surface area contributed by atoms with Gasteiger partial charge in [-0.15, -0.1) is 0 Å². The van der Waals surface area contributed by atoms with Crippen LogP contribution in [0.1, 0.15) is 12.8 Å². The van der Waals surface area contributed by atoms with Crippen molar-refractivity contribution in [2.24, 2.45) is 5.92 Å². The molecule has 0 radical (unpaired) electrons. The Labute approximate surface area is 160 Å². The summed E-state index contributed by atoms with van der Waals surface area (Å²) >= 11 is 0. The van der Waals surface area contributed by atoms with Gasteiger partial charge in [-0.2, -0.15) is 0 Å². The molecule has 1 fully saturated rings. The first-order valence-electron chi connectivity index (χ1n) is 9.27. The third kappa shape index (κ3) is 3.96. The van der Waals surface area contributed by atoms with Gasteiger partial charge in [0, 0.05) is 31.2 Å². The van der Waals surface area contributed by atoms with Gasteiger partial charge in [0.05, 0.1) is 4.90 Å². The molecule has 1 aliphatic heterocycles. The summed E-state index contributed by atoms with van der Waals surface area (Å²) in [5.41, 5.74) is 0. The maximum Gasteiger partial charge on any atom is 0.241 e. The minimum Gasteiger partial charge on any atom is -0.357 e. The average molecular weight is 382 g/mol. The van der Waals surface area contributed by atoms with Crippen LogP contribution in [0.2, 0.25) is 0 Å². The van der Waals surface area contributed by atoms with Crippen molar-refractivity contribution < 1.29 is 8.42 Å². The first-order valence-corrected chi connectivity index (χ1v) is 10.8. The third-order valence-corrected chi connectivity index (χ3v) is 6.67. The van der Waals surface area contributed by atoms with Gasteiger partial charge in [-0.3, -0.25) is 0 Å². The zero-order valence-electron chi connectivity index (χ0n) is 15.1. The van der Waals surface area contributed by atoms with Gasteiger partial charge < -0.3 is 4.90 Å². The van der Waals surface area contributed by atoms with Crippen LogP contribution in [-0.4, -0.2) is 33.0 Å². The van der Waals surface area contributed by atoms with E-state index in [2.05, 4.69) is 14.6 Å². The van der Waals surface area contributed by atoms with E-state index in [0.717, 1.165) is 42.5 Å². The normalized spacial score (nSPS) is 15.9. The van der Waals surface area contributed by atoms with E-state index in [1.54, 1.807) is 18.3 Å². The Morgan fingerprint density at radius 1 is 0.963 bits per heavy atom. The number of benzene rings is 2. The lowest BCUT2D eigenvalue weighted by atomic mass is 9.97. The Morgan fingerprint density at radius 3 is 2.48 bits per heavy atom. The van der Waals surface area contributed by atoms with Crippen LogP contribution < -0.4 is 9.62 Å². The highest BCUT2D eigenvalue weighted by molar-refractivity contribution is 7.89. The van der Waals surface area contributed by atoms with Gasteiger partial charge in [0.25, 0.3) is 0 Å². The molecule has 0 unspecified atom stereocenters. The van der Waals surface area contributed by atoms with Crippen LogP contribution in [0.3, 0.4) is 0 Å². The molecular weight excluding hydrogens is 358 g/mol. The number of sulfonamides is 1. The number of hydrogen-bond acceptors (Lipinski definition) is 4. The second-order valence-corrected chi connectivity index (χ2v) is 8.68. The largest absolute Gasteiger partial charge is 0.357 e. The van der Waals surface area contributed by atoms with E-state index >= 15 is 0 Å². The van der Waals surface area contributed by atoms with E-state index in [0.29, 0.717) is 17.4 Å². The van der Waals surface area contributed by atoms with E-state index < -0.39 is 10.0 Å². The number of fused-ring (bicyclic) bond motifs is 1. The monoisotopic (exact) mass is 381 g/mol. The Morgan fingerprint density at radius 2 is 1.70 bits per heavy atom. The molecule has 3 aromatic rings. The molecule has 1 aliphatic rings. The van der Waals surface area contributed by atoms with E-state index in [1.807, 2.05) is 48.5 Å². The lowest BCUT2D eigenvalue weighted by molar-refractivity contribution is 0.400. The summed E-state index contributed by atoms with van der Waals surface area (Å²) in [5.74, 6) is 1.34. The number of pyridine rings is 1. The number of anilines is 1. The van der Waals surface area contributed by atoms with Gasteiger partial charge in [-0.25, -0.2) is 18.1 Å². The first kappa shape index (κ1) is 17.9. The van der Waals surface area contributed by atoms with Crippen molar-refractivity contribution in [1.29, 1.82) is 0 Å². The molecule has 0 atom stereocenters. The fourth-order valence-electron chi connectivity index (χ4n) is 3.64.